The van der Waals surface area contributed by atoms with E-state index in [9.17, 15) is 9.59 Å². The van der Waals surface area contributed by atoms with Crippen molar-refractivity contribution in [2.45, 2.75) is 20.8 Å². The molecule has 0 atom stereocenters. The van der Waals surface area contributed by atoms with Crippen LogP contribution in [0.15, 0.2) is 23.1 Å². The van der Waals surface area contributed by atoms with Crippen LogP contribution in [0.5, 0.6) is 0 Å². The van der Waals surface area contributed by atoms with Crippen molar-refractivity contribution in [3.63, 3.8) is 0 Å². The summed E-state index contributed by atoms with van der Waals surface area (Å²) in [5.41, 5.74) is 3.05. The van der Waals surface area contributed by atoms with Gasteiger partial charge in [0.05, 0.1) is 17.6 Å². The van der Waals surface area contributed by atoms with Crippen molar-refractivity contribution in [3.05, 3.63) is 51.2 Å². The normalized spacial score (nSPS) is 11.0. The van der Waals surface area contributed by atoms with Gasteiger partial charge in [-0.1, -0.05) is 6.07 Å². The van der Waals surface area contributed by atoms with Crippen LogP contribution in [-0.4, -0.2) is 30.7 Å². The molecule has 7 nitrogen and oxygen atoms in total. The lowest BCUT2D eigenvalue weighted by molar-refractivity contribution is 0.0689. The van der Waals surface area contributed by atoms with Crippen molar-refractivity contribution in [1.82, 2.24) is 19.6 Å². The van der Waals surface area contributed by atoms with Crippen molar-refractivity contribution in [3.8, 4) is 11.4 Å². The Hall–Kier alpha value is -2.96. The summed E-state index contributed by atoms with van der Waals surface area (Å²) in [4.78, 5) is 30.5. The maximum atomic E-state index is 12.2. The molecule has 0 aliphatic rings. The van der Waals surface area contributed by atoms with Crippen LogP contribution < -0.4 is 5.56 Å². The van der Waals surface area contributed by atoms with Gasteiger partial charge in [0.25, 0.3) is 5.56 Å². The Morgan fingerprint density at radius 1 is 1.27 bits per heavy atom. The van der Waals surface area contributed by atoms with Gasteiger partial charge in [0.15, 0.2) is 5.69 Å². The minimum absolute atomic E-state index is 0.129. The summed E-state index contributed by atoms with van der Waals surface area (Å²) in [5.74, 6) is -1.16. The summed E-state index contributed by atoms with van der Waals surface area (Å²) in [6, 6.07) is 3.71. The van der Waals surface area contributed by atoms with E-state index in [0.29, 0.717) is 17.0 Å². The van der Waals surface area contributed by atoms with E-state index in [2.05, 4.69) is 15.1 Å². The minimum Gasteiger partial charge on any atom is -0.476 e. The van der Waals surface area contributed by atoms with Crippen LogP contribution in [0.2, 0.25) is 0 Å². The molecule has 2 N–H and O–H groups in total. The third-order valence-corrected chi connectivity index (χ3v) is 3.69. The molecule has 0 aliphatic heterocycles. The number of H-pyrrole nitrogens is 1. The zero-order valence-corrected chi connectivity index (χ0v) is 12.3. The third kappa shape index (κ3) is 2.07. The predicted molar refractivity (Wildman–Crippen MR) is 80.2 cm³/mol. The Labute approximate surface area is 125 Å². The maximum Gasteiger partial charge on any atom is 0.356 e. The average Bonchev–Trinajstić information content (AvgIpc) is 2.79. The number of carboxylic acids is 1. The van der Waals surface area contributed by atoms with Gasteiger partial charge < -0.3 is 10.1 Å². The number of rotatable bonds is 2. The number of nitrogens with zero attached hydrogens (tertiary/aromatic N) is 3. The molecule has 0 aliphatic carbocycles. The van der Waals surface area contributed by atoms with Crippen LogP contribution in [-0.2, 0) is 0 Å². The van der Waals surface area contributed by atoms with Crippen LogP contribution in [0.3, 0.4) is 0 Å². The van der Waals surface area contributed by atoms with Crippen LogP contribution in [0.4, 0.5) is 0 Å². The highest BCUT2D eigenvalue weighted by atomic mass is 16.4. The monoisotopic (exact) mass is 298 g/mol. The Morgan fingerprint density at radius 3 is 2.64 bits per heavy atom. The first kappa shape index (κ1) is 14.0. The first-order valence-corrected chi connectivity index (χ1v) is 6.68. The molecule has 0 spiro atoms. The fraction of sp³-hybridized carbons (Fsp3) is 0.200. The Balaban J connectivity index is 2.27. The van der Waals surface area contributed by atoms with Crippen LogP contribution in [0.1, 0.15) is 27.3 Å². The predicted octanol–water partition coefficient (Wildman–Crippen LogP) is 1.71. The fourth-order valence-corrected chi connectivity index (χ4v) is 2.33. The van der Waals surface area contributed by atoms with E-state index in [-0.39, 0.29) is 11.2 Å². The van der Waals surface area contributed by atoms with Crippen molar-refractivity contribution in [1.29, 1.82) is 0 Å². The van der Waals surface area contributed by atoms with E-state index < -0.39 is 11.5 Å². The summed E-state index contributed by atoms with van der Waals surface area (Å²) in [7, 11) is 0. The number of aromatic carboxylic acids is 1. The maximum absolute atomic E-state index is 12.2. The summed E-state index contributed by atoms with van der Waals surface area (Å²) in [6.45, 7) is 5.40. The topological polar surface area (TPSA) is 100 Å². The molecule has 112 valence electrons. The number of carboxylic acid groups (broad SMARTS) is 1. The van der Waals surface area contributed by atoms with Crippen molar-refractivity contribution < 1.29 is 9.90 Å². The van der Waals surface area contributed by atoms with Crippen molar-refractivity contribution in [2.24, 2.45) is 0 Å². The first-order chi connectivity index (χ1) is 10.4. The molecule has 7 heteroatoms. The van der Waals surface area contributed by atoms with Crippen molar-refractivity contribution >= 4 is 11.5 Å². The van der Waals surface area contributed by atoms with Crippen LogP contribution >= 0.6 is 0 Å². The SMILES string of the molecule is Cc1ccc(-c2cn3nc(C(=O)O)c(C)c3c(=O)[nH]2)nc1C. The van der Waals surface area contributed by atoms with Gasteiger partial charge in [-0.3, -0.25) is 9.78 Å². The molecule has 0 radical (unpaired) electrons. The molecule has 0 amide bonds. The molecule has 3 rings (SSSR count). The lowest BCUT2D eigenvalue weighted by atomic mass is 10.2. The third-order valence-electron chi connectivity index (χ3n) is 3.69. The Kier molecular flexibility index (Phi) is 3.05. The molecule has 0 saturated carbocycles. The molecular formula is C15H14N4O3. The zero-order valence-electron chi connectivity index (χ0n) is 12.3. The van der Waals surface area contributed by atoms with Gasteiger partial charge in [-0.25, -0.2) is 9.31 Å². The van der Waals surface area contributed by atoms with Gasteiger partial charge in [0.2, 0.25) is 0 Å². The summed E-state index contributed by atoms with van der Waals surface area (Å²) in [5, 5.41) is 13.1. The first-order valence-electron chi connectivity index (χ1n) is 6.68. The van der Waals surface area contributed by atoms with E-state index >= 15 is 0 Å². The number of aromatic amines is 1. The van der Waals surface area contributed by atoms with E-state index in [0.717, 1.165) is 11.3 Å². The van der Waals surface area contributed by atoms with Gasteiger partial charge in [0, 0.05) is 11.3 Å². The molecule has 3 aromatic rings. The zero-order chi connectivity index (χ0) is 16.0. The number of hydrogen-bond acceptors (Lipinski definition) is 4. The summed E-state index contributed by atoms with van der Waals surface area (Å²) >= 11 is 0. The summed E-state index contributed by atoms with van der Waals surface area (Å²) in [6.07, 6.45) is 1.58. The number of pyridine rings is 1. The molecule has 22 heavy (non-hydrogen) atoms. The lowest BCUT2D eigenvalue weighted by Crippen LogP contribution is -2.12. The molecule has 3 heterocycles. The van der Waals surface area contributed by atoms with Gasteiger partial charge in [-0.05, 0) is 32.4 Å². The molecule has 3 aromatic heterocycles. The highest BCUT2D eigenvalue weighted by molar-refractivity contribution is 5.89. The second-order valence-electron chi connectivity index (χ2n) is 5.17. The van der Waals surface area contributed by atoms with Gasteiger partial charge in [-0.2, -0.15) is 5.10 Å². The number of hydrogen-bond donors (Lipinski definition) is 2. The van der Waals surface area contributed by atoms with E-state index in [1.165, 1.54) is 4.52 Å². The van der Waals surface area contributed by atoms with E-state index in [1.807, 2.05) is 19.9 Å². The quantitative estimate of drug-likeness (QED) is 0.750. The van der Waals surface area contributed by atoms with Gasteiger partial charge in [0.1, 0.15) is 5.52 Å². The van der Waals surface area contributed by atoms with Gasteiger partial charge in [-0.15, -0.1) is 0 Å². The number of aryl methyl sites for hydroxylation is 3. The Bertz CT molecular complexity index is 969. The van der Waals surface area contributed by atoms with E-state index in [1.54, 1.807) is 19.2 Å². The van der Waals surface area contributed by atoms with Crippen LogP contribution in [0.25, 0.3) is 16.9 Å². The Morgan fingerprint density at radius 2 is 2.00 bits per heavy atom. The smallest absolute Gasteiger partial charge is 0.356 e. The number of carbonyl (C=O) groups is 1. The molecular weight excluding hydrogens is 284 g/mol. The minimum atomic E-state index is -1.16. The summed E-state index contributed by atoms with van der Waals surface area (Å²) < 4.78 is 1.30. The average molecular weight is 298 g/mol. The highest BCUT2D eigenvalue weighted by Gasteiger charge is 2.18. The molecule has 0 fully saturated rings. The molecule has 0 aromatic carbocycles. The van der Waals surface area contributed by atoms with Gasteiger partial charge >= 0.3 is 5.97 Å². The largest absolute Gasteiger partial charge is 0.476 e. The molecule has 0 unspecified atom stereocenters. The van der Waals surface area contributed by atoms with E-state index in [4.69, 9.17) is 5.11 Å². The number of nitrogens with one attached hydrogen (secondary N) is 1. The number of aromatic nitrogens is 4. The second kappa shape index (κ2) is 4.80. The second-order valence-corrected chi connectivity index (χ2v) is 5.17. The standard InChI is InChI=1S/C15H14N4O3/c1-7-4-5-10(16-9(7)3)11-6-19-13(14(20)17-11)8(2)12(18-19)15(21)22/h4-6H,1-3H3,(H,17,20)(H,21,22). The van der Waals surface area contributed by atoms with Crippen LogP contribution in [0, 0.1) is 20.8 Å². The molecule has 0 bridgehead atoms. The lowest BCUT2D eigenvalue weighted by Gasteiger charge is -2.05. The molecule has 0 saturated heterocycles. The van der Waals surface area contributed by atoms with Crippen molar-refractivity contribution in [2.75, 3.05) is 0 Å². The number of fused-ring (bicyclic) bond motifs is 1. The highest BCUT2D eigenvalue weighted by Crippen LogP contribution is 2.18. The fourth-order valence-electron chi connectivity index (χ4n) is 2.33.